The van der Waals surface area contributed by atoms with Gasteiger partial charge in [0, 0.05) is 22.7 Å². The predicted octanol–water partition coefficient (Wildman–Crippen LogP) is 6.43. The number of phenolic OH excluding ortho intramolecular Hbond substituents is 1. The summed E-state index contributed by atoms with van der Waals surface area (Å²) in [5, 5.41) is 10.1. The largest absolute Gasteiger partial charge is 0.508 e. The summed E-state index contributed by atoms with van der Waals surface area (Å²) in [5.41, 5.74) is 0.844. The first kappa shape index (κ1) is 18.0. The number of rotatable bonds is 2. The number of nitrogens with zero attached hydrogens (tertiary/aromatic N) is 1. The normalized spacial score (nSPS) is 11.7. The van der Waals surface area contributed by atoms with E-state index in [-0.39, 0.29) is 16.7 Å². The van der Waals surface area contributed by atoms with Crippen LogP contribution < -0.4 is 0 Å². The van der Waals surface area contributed by atoms with Crippen molar-refractivity contribution in [3.8, 4) is 28.0 Å². The molecule has 1 N–H and O–H groups in total. The van der Waals surface area contributed by atoms with Gasteiger partial charge in [-0.2, -0.15) is 13.2 Å². The first-order valence-electron chi connectivity index (χ1n) is 8.39. The van der Waals surface area contributed by atoms with E-state index in [1.165, 1.54) is 42.6 Å². The average Bonchev–Trinajstić information content (AvgIpc) is 2.65. The highest BCUT2D eigenvalue weighted by molar-refractivity contribution is 6.03. The molecule has 1 aromatic heterocycles. The minimum absolute atomic E-state index is 0.0281. The van der Waals surface area contributed by atoms with Crippen LogP contribution in [0.25, 0.3) is 33.2 Å². The van der Waals surface area contributed by atoms with Gasteiger partial charge in [0.15, 0.2) is 0 Å². The van der Waals surface area contributed by atoms with Gasteiger partial charge in [0.2, 0.25) is 0 Å². The Kier molecular flexibility index (Phi) is 4.26. The third kappa shape index (κ3) is 3.17. The van der Waals surface area contributed by atoms with E-state index in [4.69, 9.17) is 0 Å². The average molecular weight is 383 g/mol. The molecule has 0 unspecified atom stereocenters. The number of hydrogen-bond donors (Lipinski definition) is 1. The third-order valence-electron chi connectivity index (χ3n) is 4.47. The van der Waals surface area contributed by atoms with Crippen molar-refractivity contribution in [1.82, 2.24) is 4.98 Å². The minimum atomic E-state index is -4.57. The highest BCUT2D eigenvalue weighted by Crippen LogP contribution is 2.41. The van der Waals surface area contributed by atoms with Crippen molar-refractivity contribution >= 4 is 10.9 Å². The standard InChI is InChI=1S/C22H13F4NO/c23-15-6-1-4-13(10-15)18-12-27-21-17(8-3-9-19(21)22(24,25)26)20(18)14-5-2-7-16(28)11-14/h1-12,28H. The molecule has 0 radical (unpaired) electrons. The Morgan fingerprint density at radius 3 is 2.25 bits per heavy atom. The van der Waals surface area contributed by atoms with E-state index in [1.54, 1.807) is 24.3 Å². The molecule has 0 saturated carbocycles. The molecule has 0 saturated heterocycles. The number of fused-ring (bicyclic) bond motifs is 1. The molecule has 1 heterocycles. The van der Waals surface area contributed by atoms with Crippen LogP contribution in [0.1, 0.15) is 5.56 Å². The second-order valence-electron chi connectivity index (χ2n) is 6.31. The fraction of sp³-hybridized carbons (Fsp3) is 0.0455. The van der Waals surface area contributed by atoms with Crippen molar-refractivity contribution in [2.75, 3.05) is 0 Å². The van der Waals surface area contributed by atoms with Gasteiger partial charge in [0.1, 0.15) is 11.6 Å². The fourth-order valence-corrected chi connectivity index (χ4v) is 3.30. The van der Waals surface area contributed by atoms with Crippen molar-refractivity contribution in [3.05, 3.63) is 84.3 Å². The van der Waals surface area contributed by atoms with E-state index < -0.39 is 17.6 Å². The minimum Gasteiger partial charge on any atom is -0.508 e. The number of aromatic nitrogens is 1. The zero-order chi connectivity index (χ0) is 19.9. The molecular formula is C22H13F4NO. The van der Waals surface area contributed by atoms with Crippen LogP contribution in [0.5, 0.6) is 5.75 Å². The van der Waals surface area contributed by atoms with Gasteiger partial charge >= 0.3 is 6.18 Å². The van der Waals surface area contributed by atoms with Crippen LogP contribution in [0, 0.1) is 5.82 Å². The molecule has 0 atom stereocenters. The highest BCUT2D eigenvalue weighted by atomic mass is 19.4. The van der Waals surface area contributed by atoms with E-state index in [1.807, 2.05) is 0 Å². The molecule has 140 valence electrons. The Morgan fingerprint density at radius 2 is 1.54 bits per heavy atom. The number of para-hydroxylation sites is 1. The highest BCUT2D eigenvalue weighted by Gasteiger charge is 2.33. The Labute approximate surface area is 157 Å². The van der Waals surface area contributed by atoms with Crippen molar-refractivity contribution in [2.45, 2.75) is 6.18 Å². The molecular weight excluding hydrogens is 370 g/mol. The van der Waals surface area contributed by atoms with Crippen molar-refractivity contribution in [2.24, 2.45) is 0 Å². The Bertz CT molecular complexity index is 1180. The fourth-order valence-electron chi connectivity index (χ4n) is 3.30. The van der Waals surface area contributed by atoms with Gasteiger partial charge in [-0.25, -0.2) is 4.39 Å². The Balaban J connectivity index is 2.12. The summed E-state index contributed by atoms with van der Waals surface area (Å²) in [5.74, 6) is -0.497. The maximum absolute atomic E-state index is 13.8. The summed E-state index contributed by atoms with van der Waals surface area (Å²) in [6.07, 6.45) is -3.26. The summed E-state index contributed by atoms with van der Waals surface area (Å²) < 4.78 is 54.2. The number of hydrogen-bond acceptors (Lipinski definition) is 2. The molecule has 0 spiro atoms. The summed E-state index contributed by atoms with van der Waals surface area (Å²) in [6, 6.07) is 15.8. The monoisotopic (exact) mass is 383 g/mol. The molecule has 6 heteroatoms. The van der Waals surface area contributed by atoms with Gasteiger partial charge in [-0.1, -0.05) is 36.4 Å². The second kappa shape index (κ2) is 6.64. The molecule has 4 rings (SSSR count). The third-order valence-corrected chi connectivity index (χ3v) is 4.47. The zero-order valence-electron chi connectivity index (χ0n) is 14.3. The van der Waals surface area contributed by atoms with Crippen LogP contribution in [0.15, 0.2) is 72.9 Å². The number of benzene rings is 3. The molecule has 28 heavy (non-hydrogen) atoms. The SMILES string of the molecule is Oc1cccc(-c2c(-c3cccc(F)c3)cnc3c(C(F)(F)F)cccc23)c1. The summed E-state index contributed by atoms with van der Waals surface area (Å²) in [4.78, 5) is 4.06. The summed E-state index contributed by atoms with van der Waals surface area (Å²) in [7, 11) is 0. The van der Waals surface area contributed by atoms with Gasteiger partial charge in [-0.15, -0.1) is 0 Å². The van der Waals surface area contributed by atoms with Crippen LogP contribution in [0.3, 0.4) is 0 Å². The molecule has 3 aromatic carbocycles. The molecule has 2 nitrogen and oxygen atoms in total. The molecule has 4 aromatic rings. The van der Waals surface area contributed by atoms with Crippen LogP contribution in [0.4, 0.5) is 17.6 Å². The first-order chi connectivity index (χ1) is 13.3. The molecule has 0 aliphatic rings. The van der Waals surface area contributed by atoms with E-state index in [9.17, 15) is 22.7 Å². The molecule has 0 aliphatic heterocycles. The van der Waals surface area contributed by atoms with Crippen LogP contribution in [0.2, 0.25) is 0 Å². The molecule has 0 aliphatic carbocycles. The lowest BCUT2D eigenvalue weighted by Gasteiger charge is -2.16. The lowest BCUT2D eigenvalue weighted by atomic mass is 9.91. The lowest BCUT2D eigenvalue weighted by Crippen LogP contribution is -2.07. The van der Waals surface area contributed by atoms with Gasteiger partial charge in [0.25, 0.3) is 0 Å². The van der Waals surface area contributed by atoms with E-state index >= 15 is 0 Å². The van der Waals surface area contributed by atoms with Gasteiger partial charge in [0.05, 0.1) is 11.1 Å². The number of alkyl halides is 3. The molecule has 0 amide bonds. The zero-order valence-corrected chi connectivity index (χ0v) is 14.3. The lowest BCUT2D eigenvalue weighted by molar-refractivity contribution is -0.136. The number of aromatic hydroxyl groups is 1. The smallest absolute Gasteiger partial charge is 0.418 e. The van der Waals surface area contributed by atoms with E-state index in [0.29, 0.717) is 22.3 Å². The molecule has 0 bridgehead atoms. The van der Waals surface area contributed by atoms with Crippen LogP contribution >= 0.6 is 0 Å². The number of phenols is 1. The topological polar surface area (TPSA) is 33.1 Å². The summed E-state index contributed by atoms with van der Waals surface area (Å²) in [6.45, 7) is 0. The molecule has 0 fully saturated rings. The van der Waals surface area contributed by atoms with Crippen LogP contribution in [-0.4, -0.2) is 10.1 Å². The van der Waals surface area contributed by atoms with Gasteiger partial charge < -0.3 is 5.11 Å². The van der Waals surface area contributed by atoms with Crippen molar-refractivity contribution in [1.29, 1.82) is 0 Å². The number of pyridine rings is 1. The summed E-state index contributed by atoms with van der Waals surface area (Å²) >= 11 is 0. The van der Waals surface area contributed by atoms with Crippen LogP contribution in [-0.2, 0) is 6.18 Å². The van der Waals surface area contributed by atoms with E-state index in [2.05, 4.69) is 4.98 Å². The first-order valence-corrected chi connectivity index (χ1v) is 8.39. The van der Waals surface area contributed by atoms with E-state index in [0.717, 1.165) is 6.07 Å². The number of halogens is 4. The second-order valence-corrected chi connectivity index (χ2v) is 6.31. The van der Waals surface area contributed by atoms with Gasteiger partial charge in [-0.05, 0) is 41.5 Å². The maximum atomic E-state index is 13.8. The Morgan fingerprint density at radius 1 is 0.821 bits per heavy atom. The van der Waals surface area contributed by atoms with Crippen molar-refractivity contribution in [3.63, 3.8) is 0 Å². The van der Waals surface area contributed by atoms with Crippen molar-refractivity contribution < 1.29 is 22.7 Å². The van der Waals surface area contributed by atoms with Gasteiger partial charge in [-0.3, -0.25) is 4.98 Å². The maximum Gasteiger partial charge on any atom is 0.418 e. The predicted molar refractivity (Wildman–Crippen MR) is 99.2 cm³/mol. The quantitative estimate of drug-likeness (QED) is 0.405. The Hall–Kier alpha value is -3.41.